The van der Waals surface area contributed by atoms with Crippen LogP contribution < -0.4 is 10.6 Å². The number of ether oxygens (including phenoxy) is 2. The van der Waals surface area contributed by atoms with Crippen LogP contribution in [0.15, 0.2) is 30.3 Å². The third kappa shape index (κ3) is 12.0. The second kappa shape index (κ2) is 20.9. The minimum Gasteiger partial charge on any atom is -0.379 e. The minimum atomic E-state index is -0.739. The summed E-state index contributed by atoms with van der Waals surface area (Å²) in [4.78, 5) is 60.6. The summed E-state index contributed by atoms with van der Waals surface area (Å²) in [6.45, 7) is 16.4. The standard InChI is InChI=1S/C40H69N5O6/c1-14-27(6)36(44(11)40(49)34(25(2)3)42-39(48)35(26(4)5)43(9)10)32(50-12)24-33(46)45-22-18-21-31(45)37(51-13)29(8)38(47)41-28(7)23-30-19-16-15-17-20-30/h15-17,19-20,25-29,31-32,34-37H,14,18,21-24H2,1-13H3,(H,41,47)(H,42,48)/t27-,28+,29+,31-,32+,34-,35-,36?,37+/m0/s1. The molecule has 1 aliphatic rings. The van der Waals surface area contributed by atoms with Gasteiger partial charge in [0.05, 0.1) is 42.7 Å². The van der Waals surface area contributed by atoms with Crippen LogP contribution in [0.25, 0.3) is 0 Å². The summed E-state index contributed by atoms with van der Waals surface area (Å²) in [5.41, 5.74) is 1.15. The van der Waals surface area contributed by atoms with Gasteiger partial charge in [-0.25, -0.2) is 0 Å². The van der Waals surface area contributed by atoms with E-state index in [-0.39, 0.29) is 65.9 Å². The van der Waals surface area contributed by atoms with Gasteiger partial charge in [-0.1, -0.05) is 85.2 Å². The fourth-order valence-electron chi connectivity index (χ4n) is 7.80. The molecule has 51 heavy (non-hydrogen) atoms. The highest BCUT2D eigenvalue weighted by atomic mass is 16.5. The molecule has 290 valence electrons. The number of nitrogens with zero attached hydrogens (tertiary/aromatic N) is 3. The van der Waals surface area contributed by atoms with Crippen molar-refractivity contribution in [1.29, 1.82) is 0 Å². The summed E-state index contributed by atoms with van der Waals surface area (Å²) in [7, 11) is 8.67. The molecule has 1 aromatic carbocycles. The van der Waals surface area contributed by atoms with Gasteiger partial charge in [0.15, 0.2) is 0 Å². The number of likely N-dealkylation sites (tertiary alicyclic amines) is 1. The fraction of sp³-hybridized carbons (Fsp3) is 0.750. The van der Waals surface area contributed by atoms with Gasteiger partial charge in [0.1, 0.15) is 6.04 Å². The molecule has 2 rings (SSSR count). The van der Waals surface area contributed by atoms with Crippen LogP contribution in [0.5, 0.6) is 0 Å². The first-order chi connectivity index (χ1) is 24.0. The van der Waals surface area contributed by atoms with Gasteiger partial charge in [-0.15, -0.1) is 0 Å². The molecular weight excluding hydrogens is 646 g/mol. The Kier molecular flexibility index (Phi) is 18.1. The van der Waals surface area contributed by atoms with Crippen molar-refractivity contribution in [2.45, 2.75) is 130 Å². The normalized spacial score (nSPS) is 19.6. The van der Waals surface area contributed by atoms with Crippen molar-refractivity contribution in [2.24, 2.45) is 23.7 Å². The average molecular weight is 716 g/mol. The molecular formula is C40H69N5O6. The molecule has 1 fully saturated rings. The Balaban J connectivity index is 2.23. The van der Waals surface area contributed by atoms with Crippen molar-refractivity contribution in [3.05, 3.63) is 35.9 Å². The molecule has 11 nitrogen and oxygen atoms in total. The lowest BCUT2D eigenvalue weighted by Gasteiger charge is -2.41. The van der Waals surface area contributed by atoms with Crippen LogP contribution in [-0.2, 0) is 35.1 Å². The Hall–Kier alpha value is -3.02. The van der Waals surface area contributed by atoms with Gasteiger partial charge in [0.25, 0.3) is 0 Å². The Morgan fingerprint density at radius 2 is 1.51 bits per heavy atom. The molecule has 1 aromatic rings. The highest BCUT2D eigenvalue weighted by Gasteiger charge is 2.43. The van der Waals surface area contributed by atoms with Crippen LogP contribution in [0.3, 0.4) is 0 Å². The Labute approximate surface area is 308 Å². The SMILES string of the molecule is CC[C@H](C)C([C@@H](CC(=O)N1CCC[C@H]1[C@H](OC)[C@@H](C)C(=O)N[C@H](C)Cc1ccccc1)OC)N(C)C(=O)[C@@H](NC(=O)[C@H](C(C)C)N(C)C)C(C)C. The fourth-order valence-corrected chi connectivity index (χ4v) is 7.80. The second-order valence-corrected chi connectivity index (χ2v) is 15.6. The van der Waals surface area contributed by atoms with Crippen LogP contribution >= 0.6 is 0 Å². The molecule has 1 heterocycles. The van der Waals surface area contributed by atoms with E-state index in [0.29, 0.717) is 6.54 Å². The zero-order valence-electron chi connectivity index (χ0n) is 33.8. The van der Waals surface area contributed by atoms with E-state index in [0.717, 1.165) is 31.2 Å². The molecule has 0 saturated carbocycles. The van der Waals surface area contributed by atoms with Crippen molar-refractivity contribution >= 4 is 23.6 Å². The Morgan fingerprint density at radius 3 is 2.02 bits per heavy atom. The lowest BCUT2D eigenvalue weighted by Crippen LogP contribution is -2.59. The van der Waals surface area contributed by atoms with E-state index in [1.165, 1.54) is 0 Å². The summed E-state index contributed by atoms with van der Waals surface area (Å²) in [6.07, 6.45) is 2.01. The van der Waals surface area contributed by atoms with E-state index in [4.69, 9.17) is 9.47 Å². The molecule has 2 N–H and O–H groups in total. The molecule has 9 atom stereocenters. The average Bonchev–Trinajstić information content (AvgIpc) is 3.56. The number of carbonyl (C=O) groups excluding carboxylic acids is 4. The van der Waals surface area contributed by atoms with Crippen LogP contribution in [0.4, 0.5) is 0 Å². The topological polar surface area (TPSA) is 121 Å². The highest BCUT2D eigenvalue weighted by Crippen LogP contribution is 2.30. The number of hydrogen-bond acceptors (Lipinski definition) is 7. The van der Waals surface area contributed by atoms with Gasteiger partial charge >= 0.3 is 0 Å². The minimum absolute atomic E-state index is 0.00749. The molecule has 0 radical (unpaired) electrons. The first-order valence-electron chi connectivity index (χ1n) is 18.9. The molecule has 1 saturated heterocycles. The van der Waals surface area contributed by atoms with Crippen molar-refractivity contribution in [3.8, 4) is 0 Å². The monoisotopic (exact) mass is 716 g/mol. The zero-order chi connectivity index (χ0) is 38.6. The predicted molar refractivity (Wildman–Crippen MR) is 203 cm³/mol. The lowest BCUT2D eigenvalue weighted by molar-refractivity contribution is -0.148. The third-order valence-corrected chi connectivity index (χ3v) is 10.7. The largest absolute Gasteiger partial charge is 0.379 e. The van der Waals surface area contributed by atoms with Gasteiger partial charge in [-0.05, 0) is 63.6 Å². The maximum absolute atomic E-state index is 14.2. The van der Waals surface area contributed by atoms with E-state index in [1.807, 2.05) is 95.8 Å². The predicted octanol–water partition coefficient (Wildman–Crippen LogP) is 4.38. The van der Waals surface area contributed by atoms with E-state index < -0.39 is 30.2 Å². The number of carbonyl (C=O) groups is 4. The van der Waals surface area contributed by atoms with Gasteiger partial charge in [-0.3, -0.25) is 24.1 Å². The molecule has 1 unspecified atom stereocenters. The number of benzene rings is 1. The van der Waals surface area contributed by atoms with Crippen molar-refractivity contribution < 1.29 is 28.7 Å². The number of nitrogens with one attached hydrogen (secondary N) is 2. The van der Waals surface area contributed by atoms with Crippen molar-refractivity contribution in [3.63, 3.8) is 0 Å². The van der Waals surface area contributed by atoms with Crippen LogP contribution in [0.1, 0.15) is 86.6 Å². The van der Waals surface area contributed by atoms with Gasteiger partial charge in [0.2, 0.25) is 23.6 Å². The molecule has 0 bridgehead atoms. The lowest BCUT2D eigenvalue weighted by atomic mass is 9.89. The molecule has 0 aromatic heterocycles. The maximum Gasteiger partial charge on any atom is 0.245 e. The number of rotatable bonds is 20. The number of methoxy groups -OCH3 is 2. The van der Waals surface area contributed by atoms with Crippen molar-refractivity contribution in [2.75, 3.05) is 41.9 Å². The summed E-state index contributed by atoms with van der Waals surface area (Å²) in [5.74, 6) is -1.16. The number of likely N-dealkylation sites (N-methyl/N-ethyl adjacent to an activating group) is 2. The first kappa shape index (κ1) is 44.1. The molecule has 4 amide bonds. The summed E-state index contributed by atoms with van der Waals surface area (Å²) in [6, 6.07) is 8.19. The van der Waals surface area contributed by atoms with E-state index >= 15 is 0 Å². The van der Waals surface area contributed by atoms with Crippen LogP contribution in [0.2, 0.25) is 0 Å². The van der Waals surface area contributed by atoms with Gasteiger partial charge in [0, 0.05) is 33.9 Å². The summed E-state index contributed by atoms with van der Waals surface area (Å²) < 4.78 is 12.0. The smallest absolute Gasteiger partial charge is 0.245 e. The van der Waals surface area contributed by atoms with E-state index in [2.05, 4.69) is 24.5 Å². The summed E-state index contributed by atoms with van der Waals surface area (Å²) in [5, 5.41) is 6.19. The zero-order valence-corrected chi connectivity index (χ0v) is 33.8. The van der Waals surface area contributed by atoms with E-state index in [1.54, 1.807) is 26.2 Å². The quantitative estimate of drug-likeness (QED) is 0.206. The molecule has 0 aliphatic carbocycles. The highest BCUT2D eigenvalue weighted by molar-refractivity contribution is 5.90. The van der Waals surface area contributed by atoms with Crippen molar-refractivity contribution in [1.82, 2.24) is 25.3 Å². The molecule has 0 spiro atoms. The summed E-state index contributed by atoms with van der Waals surface area (Å²) >= 11 is 0. The van der Waals surface area contributed by atoms with Gasteiger partial charge in [-0.2, -0.15) is 0 Å². The maximum atomic E-state index is 14.2. The molecule has 1 aliphatic heterocycles. The van der Waals surface area contributed by atoms with Crippen LogP contribution in [-0.4, -0.2) is 123 Å². The van der Waals surface area contributed by atoms with E-state index in [9.17, 15) is 19.2 Å². The van der Waals surface area contributed by atoms with Crippen LogP contribution in [0, 0.1) is 23.7 Å². The Bertz CT molecular complexity index is 1230. The first-order valence-corrected chi connectivity index (χ1v) is 18.9. The molecule has 11 heteroatoms. The number of hydrogen-bond donors (Lipinski definition) is 2. The van der Waals surface area contributed by atoms with Gasteiger partial charge < -0.3 is 29.9 Å². The third-order valence-electron chi connectivity index (χ3n) is 10.7. The Morgan fingerprint density at radius 1 is 0.882 bits per heavy atom. The second-order valence-electron chi connectivity index (χ2n) is 15.6. The number of amides is 4.